The van der Waals surface area contributed by atoms with Gasteiger partial charge in [-0.2, -0.15) is 0 Å². The molecule has 0 unspecified atom stereocenters. The minimum Gasteiger partial charge on any atom is -0.485 e. The van der Waals surface area contributed by atoms with Crippen molar-refractivity contribution < 1.29 is 14.3 Å². The van der Waals surface area contributed by atoms with E-state index in [-0.39, 0.29) is 5.91 Å². The fraction of sp³-hybridized carbons (Fsp3) is 0.160. The summed E-state index contributed by atoms with van der Waals surface area (Å²) < 4.78 is 14.0. The lowest BCUT2D eigenvalue weighted by Crippen LogP contribution is -2.25. The standard InChI is InChI=1S/C25H21ClN4O3S/c1-16(24(31)27-18-13-11-17(26)12-14-18)34-25-29-28-23(30(25)19-7-3-2-4-8-19)22-15-32-20-9-5-6-10-21(20)33-22/h2-14,16,22H,15H2,1H3,(H,27,31)/t16-,22+/m1/s1. The first kappa shape index (κ1) is 22.3. The van der Waals surface area contributed by atoms with E-state index in [0.29, 0.717) is 39.8 Å². The van der Waals surface area contributed by atoms with Gasteiger partial charge in [0.05, 0.1) is 5.25 Å². The first-order valence-electron chi connectivity index (χ1n) is 10.7. The fourth-order valence-electron chi connectivity index (χ4n) is 3.52. The number of benzene rings is 3. The molecule has 0 fully saturated rings. The highest BCUT2D eigenvalue weighted by Gasteiger charge is 2.30. The number of nitrogens with one attached hydrogen (secondary N) is 1. The predicted octanol–water partition coefficient (Wildman–Crippen LogP) is 5.55. The summed E-state index contributed by atoms with van der Waals surface area (Å²) in [5, 5.41) is 12.5. The molecule has 172 valence electrons. The number of carbonyl (C=O) groups excluding carboxylic acids is 1. The van der Waals surface area contributed by atoms with Gasteiger partial charge in [-0.3, -0.25) is 9.36 Å². The lowest BCUT2D eigenvalue weighted by atomic mass is 10.2. The van der Waals surface area contributed by atoms with E-state index in [0.717, 1.165) is 5.69 Å². The summed E-state index contributed by atoms with van der Waals surface area (Å²) in [6, 6.07) is 24.3. The van der Waals surface area contributed by atoms with Gasteiger partial charge >= 0.3 is 0 Å². The zero-order valence-electron chi connectivity index (χ0n) is 18.2. The van der Waals surface area contributed by atoms with Crippen LogP contribution in [0.25, 0.3) is 5.69 Å². The molecule has 0 aliphatic carbocycles. The first-order valence-corrected chi connectivity index (χ1v) is 12.0. The molecule has 34 heavy (non-hydrogen) atoms. The van der Waals surface area contributed by atoms with Gasteiger partial charge < -0.3 is 14.8 Å². The van der Waals surface area contributed by atoms with Crippen molar-refractivity contribution in [3.8, 4) is 17.2 Å². The SMILES string of the molecule is C[C@@H](Sc1nnc([C@@H]2COc3ccccc3O2)n1-c1ccccc1)C(=O)Nc1ccc(Cl)cc1. The summed E-state index contributed by atoms with van der Waals surface area (Å²) in [6.45, 7) is 2.13. The van der Waals surface area contributed by atoms with Crippen molar-refractivity contribution in [3.63, 3.8) is 0 Å². The maximum Gasteiger partial charge on any atom is 0.237 e. The second-order valence-electron chi connectivity index (χ2n) is 7.63. The molecule has 2 atom stereocenters. The molecule has 0 radical (unpaired) electrons. The molecule has 0 saturated carbocycles. The Morgan fingerprint density at radius 1 is 1.03 bits per heavy atom. The van der Waals surface area contributed by atoms with E-state index in [1.165, 1.54) is 11.8 Å². The maximum absolute atomic E-state index is 12.8. The number of fused-ring (bicyclic) bond motifs is 1. The molecule has 2 heterocycles. The number of hydrogen-bond donors (Lipinski definition) is 1. The molecule has 9 heteroatoms. The van der Waals surface area contributed by atoms with Crippen LogP contribution in [0.2, 0.25) is 5.02 Å². The Labute approximate surface area is 206 Å². The summed E-state index contributed by atoms with van der Waals surface area (Å²) in [6.07, 6.45) is -0.449. The summed E-state index contributed by atoms with van der Waals surface area (Å²) in [7, 11) is 0. The second-order valence-corrected chi connectivity index (χ2v) is 9.38. The van der Waals surface area contributed by atoms with Crippen LogP contribution >= 0.6 is 23.4 Å². The lowest BCUT2D eigenvalue weighted by molar-refractivity contribution is -0.115. The van der Waals surface area contributed by atoms with Crippen LogP contribution in [0.15, 0.2) is 84.0 Å². The number of amides is 1. The highest BCUT2D eigenvalue weighted by atomic mass is 35.5. The van der Waals surface area contributed by atoms with Crippen LogP contribution in [0.5, 0.6) is 11.5 Å². The van der Waals surface area contributed by atoms with Gasteiger partial charge in [-0.05, 0) is 55.5 Å². The third kappa shape index (κ3) is 4.73. The molecule has 1 amide bonds. The number of carbonyl (C=O) groups is 1. The molecule has 4 aromatic rings. The van der Waals surface area contributed by atoms with E-state index in [2.05, 4.69) is 15.5 Å². The van der Waals surface area contributed by atoms with Crippen LogP contribution in [0, 0.1) is 0 Å². The average molecular weight is 493 g/mol. The largest absolute Gasteiger partial charge is 0.485 e. The smallest absolute Gasteiger partial charge is 0.237 e. The summed E-state index contributed by atoms with van der Waals surface area (Å²) in [5.41, 5.74) is 1.55. The molecular weight excluding hydrogens is 472 g/mol. The van der Waals surface area contributed by atoms with Gasteiger partial charge in [-0.1, -0.05) is 53.7 Å². The van der Waals surface area contributed by atoms with E-state index in [1.807, 2.05) is 66.1 Å². The number of ether oxygens (including phenoxy) is 2. The minimum absolute atomic E-state index is 0.150. The van der Waals surface area contributed by atoms with Gasteiger partial charge in [0.2, 0.25) is 5.91 Å². The molecule has 0 spiro atoms. The lowest BCUT2D eigenvalue weighted by Gasteiger charge is -2.26. The number of anilines is 1. The molecular formula is C25H21ClN4O3S. The van der Waals surface area contributed by atoms with Crippen LogP contribution in [0.3, 0.4) is 0 Å². The van der Waals surface area contributed by atoms with E-state index >= 15 is 0 Å². The highest BCUT2D eigenvalue weighted by Crippen LogP contribution is 2.37. The molecule has 0 bridgehead atoms. The van der Waals surface area contributed by atoms with Crippen molar-refractivity contribution in [2.24, 2.45) is 0 Å². The summed E-state index contributed by atoms with van der Waals surface area (Å²) in [4.78, 5) is 12.8. The Kier molecular flexibility index (Phi) is 6.42. The molecule has 0 saturated heterocycles. The van der Waals surface area contributed by atoms with Crippen molar-refractivity contribution in [1.29, 1.82) is 0 Å². The van der Waals surface area contributed by atoms with E-state index in [1.54, 1.807) is 24.3 Å². The third-order valence-corrected chi connectivity index (χ3v) is 6.53. The topological polar surface area (TPSA) is 78.3 Å². The Morgan fingerprint density at radius 3 is 2.50 bits per heavy atom. The Bertz CT molecular complexity index is 1300. The van der Waals surface area contributed by atoms with Crippen molar-refractivity contribution >= 4 is 35.0 Å². The summed E-state index contributed by atoms with van der Waals surface area (Å²) >= 11 is 7.25. The zero-order chi connectivity index (χ0) is 23.5. The van der Waals surface area contributed by atoms with E-state index in [9.17, 15) is 4.79 Å². The van der Waals surface area contributed by atoms with Crippen molar-refractivity contribution in [2.45, 2.75) is 23.4 Å². The van der Waals surface area contributed by atoms with Gasteiger partial charge in [0.15, 0.2) is 28.6 Å². The molecule has 7 nitrogen and oxygen atoms in total. The van der Waals surface area contributed by atoms with Crippen LogP contribution in [0.1, 0.15) is 18.9 Å². The monoisotopic (exact) mass is 492 g/mol. The number of aromatic nitrogens is 3. The third-order valence-electron chi connectivity index (χ3n) is 5.23. The number of hydrogen-bond acceptors (Lipinski definition) is 6. The molecule has 1 aromatic heterocycles. The quantitative estimate of drug-likeness (QED) is 0.355. The fourth-order valence-corrected chi connectivity index (χ4v) is 4.52. The Balaban J connectivity index is 1.41. The second kappa shape index (κ2) is 9.79. The van der Waals surface area contributed by atoms with Crippen molar-refractivity contribution in [3.05, 3.63) is 89.7 Å². The van der Waals surface area contributed by atoms with E-state index < -0.39 is 11.4 Å². The molecule has 3 aromatic carbocycles. The molecule has 5 rings (SSSR count). The maximum atomic E-state index is 12.8. The Morgan fingerprint density at radius 2 is 1.74 bits per heavy atom. The van der Waals surface area contributed by atoms with Crippen LogP contribution in [0.4, 0.5) is 5.69 Å². The molecule has 1 aliphatic heterocycles. The number of thioether (sulfide) groups is 1. The first-order chi connectivity index (χ1) is 16.6. The van der Waals surface area contributed by atoms with Crippen molar-refractivity contribution in [1.82, 2.24) is 14.8 Å². The number of halogens is 1. The van der Waals surface area contributed by atoms with Gasteiger partial charge in [-0.25, -0.2) is 0 Å². The molecule has 1 aliphatic rings. The normalized spacial score (nSPS) is 15.5. The van der Waals surface area contributed by atoms with Crippen molar-refractivity contribution in [2.75, 3.05) is 11.9 Å². The van der Waals surface area contributed by atoms with Crippen LogP contribution < -0.4 is 14.8 Å². The Hall–Kier alpha value is -3.49. The number of para-hydroxylation sites is 3. The van der Waals surface area contributed by atoms with Gasteiger partial charge in [-0.15, -0.1) is 10.2 Å². The van der Waals surface area contributed by atoms with Gasteiger partial charge in [0.25, 0.3) is 0 Å². The zero-order valence-corrected chi connectivity index (χ0v) is 19.8. The molecule has 1 N–H and O–H groups in total. The highest BCUT2D eigenvalue weighted by molar-refractivity contribution is 8.00. The number of nitrogens with zero attached hydrogens (tertiary/aromatic N) is 3. The summed E-state index contributed by atoms with van der Waals surface area (Å²) in [5.74, 6) is 1.81. The number of rotatable bonds is 6. The average Bonchev–Trinajstić information content (AvgIpc) is 3.29. The van der Waals surface area contributed by atoms with Crippen LogP contribution in [-0.4, -0.2) is 32.5 Å². The van der Waals surface area contributed by atoms with Crippen LogP contribution in [-0.2, 0) is 4.79 Å². The van der Waals surface area contributed by atoms with Gasteiger partial charge in [0.1, 0.15) is 6.61 Å². The predicted molar refractivity (Wildman–Crippen MR) is 132 cm³/mol. The van der Waals surface area contributed by atoms with Gasteiger partial charge in [0, 0.05) is 16.4 Å². The minimum atomic E-state index is -0.449. The van der Waals surface area contributed by atoms with E-state index in [4.69, 9.17) is 21.1 Å².